The molecule has 2 aliphatic rings. The molecule has 1 N–H and O–H groups in total. The Kier molecular flexibility index (Phi) is 31.1. The summed E-state index contributed by atoms with van der Waals surface area (Å²) in [6, 6.07) is 0.526. The zero-order chi connectivity index (χ0) is 37.2. The van der Waals surface area contributed by atoms with Gasteiger partial charge in [-0.05, 0) is 77.8 Å². The van der Waals surface area contributed by atoms with Gasteiger partial charge in [-0.25, -0.2) is 0 Å². The van der Waals surface area contributed by atoms with Crippen molar-refractivity contribution in [1.82, 2.24) is 4.90 Å². The van der Waals surface area contributed by atoms with Gasteiger partial charge in [0, 0.05) is 12.6 Å². The van der Waals surface area contributed by atoms with Crippen molar-refractivity contribution in [2.45, 2.75) is 237 Å². The first-order valence-electron chi connectivity index (χ1n) is 23.3. The molecule has 2 aliphatic carbocycles. The number of carbonyl (C=O) groups excluding carboxylic acids is 2. The maximum atomic E-state index is 13.0. The van der Waals surface area contributed by atoms with Crippen LogP contribution in [-0.4, -0.2) is 61.4 Å². The zero-order valence-corrected chi connectivity index (χ0v) is 34.5. The van der Waals surface area contributed by atoms with Crippen LogP contribution in [-0.2, 0) is 19.1 Å². The Balaban J connectivity index is 1.66. The molecule has 0 radical (unpaired) electrons. The van der Waals surface area contributed by atoms with Crippen molar-refractivity contribution in [3.8, 4) is 0 Å². The fourth-order valence-electron chi connectivity index (χ4n) is 8.64. The maximum Gasteiger partial charge on any atom is 0.308 e. The van der Waals surface area contributed by atoms with Crippen LogP contribution in [0.5, 0.6) is 0 Å². The van der Waals surface area contributed by atoms with Crippen molar-refractivity contribution in [2.75, 3.05) is 33.4 Å². The number of carbonyl (C=O) groups is 2. The normalized spacial score (nSPS) is 19.5. The Morgan fingerprint density at radius 1 is 0.481 bits per heavy atom. The fourth-order valence-corrected chi connectivity index (χ4v) is 8.64. The third kappa shape index (κ3) is 25.8. The lowest BCUT2D eigenvalue weighted by molar-refractivity contribution is -0.150. The largest absolute Gasteiger partial charge is 0.465 e. The van der Waals surface area contributed by atoms with E-state index in [2.05, 4.69) is 11.9 Å². The van der Waals surface area contributed by atoms with Crippen molar-refractivity contribution in [3.05, 3.63) is 0 Å². The molecule has 2 fully saturated rings. The summed E-state index contributed by atoms with van der Waals surface area (Å²) < 4.78 is 11.7. The Bertz CT molecular complexity index is 735. The van der Waals surface area contributed by atoms with E-state index < -0.39 is 0 Å². The van der Waals surface area contributed by atoms with E-state index in [-0.39, 0.29) is 30.4 Å². The van der Waals surface area contributed by atoms with E-state index in [4.69, 9.17) is 9.47 Å². The van der Waals surface area contributed by atoms with Crippen LogP contribution in [0.25, 0.3) is 0 Å². The van der Waals surface area contributed by atoms with Crippen molar-refractivity contribution in [2.24, 2.45) is 11.8 Å². The lowest BCUT2D eigenvalue weighted by Gasteiger charge is -2.28. The molecule has 0 unspecified atom stereocenters. The average molecular weight is 734 g/mol. The van der Waals surface area contributed by atoms with Gasteiger partial charge >= 0.3 is 11.9 Å². The number of ether oxygens (including phenoxy) is 2. The maximum absolute atomic E-state index is 13.0. The highest BCUT2D eigenvalue weighted by Gasteiger charge is 2.21. The van der Waals surface area contributed by atoms with Crippen LogP contribution in [0.15, 0.2) is 0 Å². The lowest BCUT2D eigenvalue weighted by atomic mass is 9.93. The monoisotopic (exact) mass is 734 g/mol. The predicted molar refractivity (Wildman–Crippen MR) is 219 cm³/mol. The number of rotatable bonds is 19. The molecule has 6 nitrogen and oxygen atoms in total. The summed E-state index contributed by atoms with van der Waals surface area (Å²) in [4.78, 5) is 28.5. The number of esters is 2. The van der Waals surface area contributed by atoms with Crippen LogP contribution in [0.4, 0.5) is 0 Å². The molecule has 6 heteroatoms. The summed E-state index contributed by atoms with van der Waals surface area (Å²) in [5.74, 6) is 0.322. The second-order valence-electron chi connectivity index (χ2n) is 16.9. The molecule has 0 aromatic rings. The van der Waals surface area contributed by atoms with Gasteiger partial charge in [0.1, 0.15) is 0 Å². The van der Waals surface area contributed by atoms with Gasteiger partial charge in [-0.2, -0.15) is 0 Å². The highest BCUT2D eigenvalue weighted by molar-refractivity contribution is 5.72. The van der Waals surface area contributed by atoms with Crippen molar-refractivity contribution in [3.63, 3.8) is 0 Å². The van der Waals surface area contributed by atoms with E-state index >= 15 is 0 Å². The number of aliphatic hydroxyl groups excluding tert-OH is 1. The van der Waals surface area contributed by atoms with Crippen LogP contribution in [0, 0.1) is 11.8 Å². The summed E-state index contributed by atoms with van der Waals surface area (Å²) in [7, 11) is 2.24. The minimum absolute atomic E-state index is 0.0614. The summed E-state index contributed by atoms with van der Waals surface area (Å²) >= 11 is 0. The number of unbranched alkanes of at least 4 members (excludes halogenated alkanes) is 5. The molecule has 0 amide bonds. The van der Waals surface area contributed by atoms with Gasteiger partial charge in [0.15, 0.2) is 0 Å². The summed E-state index contributed by atoms with van der Waals surface area (Å²) in [5, 5.41) is 9.30. The number of nitrogens with zero attached hydrogens (tertiary/aromatic N) is 1. The van der Waals surface area contributed by atoms with E-state index in [1.165, 1.54) is 141 Å². The van der Waals surface area contributed by atoms with Gasteiger partial charge in [-0.15, -0.1) is 0 Å². The molecule has 0 aromatic carbocycles. The minimum atomic E-state index is 0.0614. The number of hydrogen-bond donors (Lipinski definition) is 1. The first kappa shape index (κ1) is 47.0. The molecular formula is C46H87NO5. The molecular weight excluding hydrogens is 647 g/mol. The molecule has 0 heterocycles. The van der Waals surface area contributed by atoms with Crippen molar-refractivity contribution in [1.29, 1.82) is 0 Å². The van der Waals surface area contributed by atoms with Gasteiger partial charge < -0.3 is 19.5 Å². The van der Waals surface area contributed by atoms with E-state index in [1.54, 1.807) is 0 Å². The Labute approximate surface area is 322 Å². The van der Waals surface area contributed by atoms with E-state index in [9.17, 15) is 14.7 Å². The second-order valence-corrected chi connectivity index (χ2v) is 16.9. The first-order chi connectivity index (χ1) is 25.6. The summed E-state index contributed by atoms with van der Waals surface area (Å²) in [6.07, 6.45) is 43.3. The highest BCUT2D eigenvalue weighted by atomic mass is 16.5. The van der Waals surface area contributed by atoms with E-state index in [0.717, 1.165) is 96.4 Å². The van der Waals surface area contributed by atoms with Crippen LogP contribution in [0.3, 0.4) is 0 Å². The molecule has 0 aromatic heterocycles. The number of aliphatic hydroxyl groups is 1. The van der Waals surface area contributed by atoms with Crippen molar-refractivity contribution < 1.29 is 24.2 Å². The van der Waals surface area contributed by atoms with Crippen LogP contribution in [0.1, 0.15) is 231 Å². The molecule has 0 atom stereocenters. The van der Waals surface area contributed by atoms with Gasteiger partial charge in [0.25, 0.3) is 0 Å². The van der Waals surface area contributed by atoms with Crippen LogP contribution in [0.2, 0.25) is 0 Å². The predicted octanol–water partition coefficient (Wildman–Crippen LogP) is 12.7. The quantitative estimate of drug-likeness (QED) is 0.105. The smallest absolute Gasteiger partial charge is 0.308 e. The highest BCUT2D eigenvalue weighted by Crippen LogP contribution is 2.24. The lowest BCUT2D eigenvalue weighted by Crippen LogP contribution is -2.32. The van der Waals surface area contributed by atoms with E-state index in [0.29, 0.717) is 19.3 Å². The molecule has 0 spiro atoms. The average Bonchev–Trinajstić information content (AvgIpc) is 3.14. The van der Waals surface area contributed by atoms with Gasteiger partial charge in [-0.3, -0.25) is 9.59 Å². The minimum Gasteiger partial charge on any atom is -0.465 e. The molecule has 2 saturated carbocycles. The Hall–Kier alpha value is -1.14. The van der Waals surface area contributed by atoms with E-state index in [1.807, 2.05) is 0 Å². The zero-order valence-electron chi connectivity index (χ0n) is 34.5. The van der Waals surface area contributed by atoms with Crippen molar-refractivity contribution >= 4 is 11.9 Å². The Morgan fingerprint density at radius 3 is 1.13 bits per heavy atom. The second kappa shape index (κ2) is 34.4. The van der Waals surface area contributed by atoms with Gasteiger partial charge in [-0.1, -0.05) is 167 Å². The third-order valence-electron chi connectivity index (χ3n) is 12.3. The first-order valence-corrected chi connectivity index (χ1v) is 23.3. The molecule has 0 bridgehead atoms. The van der Waals surface area contributed by atoms with Gasteiger partial charge in [0.05, 0.1) is 25.0 Å². The molecule has 0 saturated heterocycles. The molecule has 2 rings (SSSR count). The summed E-state index contributed by atoms with van der Waals surface area (Å²) in [6.45, 7) is 2.40. The standard InChI is InChI=1S/C46H87NO5/c1-47(38-28-29-39-48)44(36-26-20-30-40-51-45(49)42-32-22-16-12-8-4-2-5-9-13-17-23-33-42)37-27-21-31-41-52-46(50)43-34-24-18-14-10-6-3-7-11-15-19-25-35-43/h42-44,48H,2-41H2,1H3. The SMILES string of the molecule is CN(CCCCO)C(CCCCCOC(=O)C1CCCCCCCCCCCCC1)CCCCCOC(=O)C1CCCCCCCCCCCCC1. The topological polar surface area (TPSA) is 76.1 Å². The summed E-state index contributed by atoms with van der Waals surface area (Å²) in [5.41, 5.74) is 0. The van der Waals surface area contributed by atoms with Crippen LogP contribution < -0.4 is 0 Å². The molecule has 306 valence electrons. The molecule has 0 aliphatic heterocycles. The van der Waals surface area contributed by atoms with Crippen LogP contribution >= 0.6 is 0 Å². The Morgan fingerprint density at radius 2 is 0.808 bits per heavy atom. The third-order valence-corrected chi connectivity index (χ3v) is 12.3. The number of hydrogen-bond acceptors (Lipinski definition) is 6. The molecule has 52 heavy (non-hydrogen) atoms. The van der Waals surface area contributed by atoms with Gasteiger partial charge in [0.2, 0.25) is 0 Å². The fraction of sp³-hybridized carbons (Fsp3) is 0.957.